The van der Waals surface area contributed by atoms with E-state index in [4.69, 9.17) is 18.9 Å². The first-order valence-corrected chi connectivity index (χ1v) is 8.95. The Balaban J connectivity index is 0.000000221. The van der Waals surface area contributed by atoms with E-state index < -0.39 is 0 Å². The molecule has 8 nitrogen and oxygen atoms in total. The topological polar surface area (TPSA) is 95.4 Å². The molecule has 1 atom stereocenters. The van der Waals surface area contributed by atoms with Gasteiger partial charge >= 0.3 is 0 Å². The number of ketones is 1. The summed E-state index contributed by atoms with van der Waals surface area (Å²) in [6.45, 7) is 14.1. The Morgan fingerprint density at radius 1 is 1.07 bits per heavy atom. The molecule has 1 unspecified atom stereocenters. The van der Waals surface area contributed by atoms with Crippen molar-refractivity contribution < 1.29 is 4.79 Å². The van der Waals surface area contributed by atoms with Crippen LogP contribution >= 0.6 is 0 Å². The fourth-order valence-electron chi connectivity index (χ4n) is 2.56. The Labute approximate surface area is 169 Å². The van der Waals surface area contributed by atoms with Crippen molar-refractivity contribution in [1.29, 1.82) is 0 Å². The van der Waals surface area contributed by atoms with Gasteiger partial charge in [-0.25, -0.2) is 13.1 Å². The highest BCUT2D eigenvalue weighted by Crippen LogP contribution is 2.21. The van der Waals surface area contributed by atoms with Gasteiger partial charge in [0.25, 0.3) is 0 Å². The minimum atomic E-state index is -0.0147. The minimum absolute atomic E-state index is 0.0147. The molecule has 0 amide bonds. The van der Waals surface area contributed by atoms with E-state index in [-0.39, 0.29) is 24.8 Å². The molecule has 3 heterocycles. The third kappa shape index (κ3) is 6.89. The van der Waals surface area contributed by atoms with Crippen LogP contribution in [0, 0.1) is 13.1 Å². The molecule has 2 N–H and O–H groups in total. The normalized spacial score (nSPS) is 10.7. The van der Waals surface area contributed by atoms with Crippen molar-refractivity contribution in [2.75, 3.05) is 18.8 Å². The maximum Gasteiger partial charge on any atom is 0.221 e. The van der Waals surface area contributed by atoms with Gasteiger partial charge in [-0.15, -0.1) is 0 Å². The summed E-state index contributed by atoms with van der Waals surface area (Å²) in [4.78, 5) is 25.6. The van der Waals surface area contributed by atoms with Crippen LogP contribution in [0.3, 0.4) is 0 Å². The first-order chi connectivity index (χ1) is 14.2. The van der Waals surface area contributed by atoms with Crippen molar-refractivity contribution in [3.63, 3.8) is 0 Å². The van der Waals surface area contributed by atoms with Crippen molar-refractivity contribution in [3.05, 3.63) is 95.4 Å². The van der Waals surface area contributed by atoms with Crippen LogP contribution in [-0.4, -0.2) is 38.6 Å². The number of carbonyl (C=O) groups is 1. The second-order valence-corrected chi connectivity index (χ2v) is 6.02. The molecule has 0 spiro atoms. The van der Waals surface area contributed by atoms with Crippen LogP contribution in [0.25, 0.3) is 9.69 Å². The van der Waals surface area contributed by atoms with Gasteiger partial charge in [0.1, 0.15) is 0 Å². The van der Waals surface area contributed by atoms with Gasteiger partial charge < -0.3 is 15.4 Å². The number of anilines is 1. The van der Waals surface area contributed by atoms with E-state index in [0.29, 0.717) is 24.2 Å². The molecule has 0 aromatic carbocycles. The number of nitrogens with zero attached hydrogens (tertiary/aromatic N) is 6. The molecule has 0 fully saturated rings. The zero-order valence-corrected chi connectivity index (χ0v) is 15.8. The summed E-state index contributed by atoms with van der Waals surface area (Å²) in [6, 6.07) is 7.31. The Bertz CT molecular complexity index is 972. The summed E-state index contributed by atoms with van der Waals surface area (Å²) >= 11 is 0. The van der Waals surface area contributed by atoms with Crippen LogP contribution in [-0.2, 0) is 0 Å². The molecule has 3 aromatic heterocycles. The van der Waals surface area contributed by atoms with Crippen LogP contribution in [0.15, 0.2) is 61.4 Å². The molecule has 0 radical (unpaired) electrons. The van der Waals surface area contributed by atoms with Crippen LogP contribution in [0.2, 0.25) is 0 Å². The number of hydrogen-bond acceptors (Lipinski definition) is 5. The number of pyridine rings is 2. The summed E-state index contributed by atoms with van der Waals surface area (Å²) < 4.78 is 1.79. The van der Waals surface area contributed by atoms with Crippen LogP contribution in [0.5, 0.6) is 0 Å². The van der Waals surface area contributed by atoms with E-state index in [2.05, 4.69) is 24.8 Å². The Kier molecular flexibility index (Phi) is 8.52. The van der Waals surface area contributed by atoms with E-state index >= 15 is 0 Å². The summed E-state index contributed by atoms with van der Waals surface area (Å²) in [5, 5.41) is 4.21. The second-order valence-electron chi connectivity index (χ2n) is 6.02. The van der Waals surface area contributed by atoms with E-state index in [9.17, 15) is 4.79 Å². The molecule has 3 rings (SSSR count). The predicted molar refractivity (Wildman–Crippen MR) is 110 cm³/mol. The van der Waals surface area contributed by atoms with Crippen molar-refractivity contribution >= 4 is 11.5 Å². The van der Waals surface area contributed by atoms with E-state index in [0.717, 1.165) is 5.56 Å². The van der Waals surface area contributed by atoms with E-state index in [1.165, 1.54) is 6.20 Å². The third-order valence-corrected chi connectivity index (χ3v) is 3.96. The van der Waals surface area contributed by atoms with Crippen molar-refractivity contribution in [2.24, 2.45) is 0 Å². The number of nitrogens with two attached hydrogens (primary N) is 1. The molecule has 0 saturated carbocycles. The molecule has 8 heteroatoms. The highest BCUT2D eigenvalue weighted by Gasteiger charge is 2.16. The predicted octanol–water partition coefficient (Wildman–Crippen LogP) is 3.33. The number of hydrogen-bond donors (Lipinski definition) is 1. The maximum absolute atomic E-state index is 11.2. The lowest BCUT2D eigenvalue weighted by Gasteiger charge is -2.14. The average Bonchev–Trinajstić information content (AvgIpc) is 3.20. The van der Waals surface area contributed by atoms with Gasteiger partial charge in [-0.05, 0) is 23.8 Å². The lowest BCUT2D eigenvalue weighted by Crippen LogP contribution is -2.12. The van der Waals surface area contributed by atoms with Crippen molar-refractivity contribution in [1.82, 2.24) is 19.7 Å². The fraction of sp³-hybridized carbons (Fsp3) is 0.238. The summed E-state index contributed by atoms with van der Waals surface area (Å²) in [6.07, 6.45) is 11.0. The molecule has 146 valence electrons. The van der Waals surface area contributed by atoms with Gasteiger partial charge in [-0.1, -0.05) is 6.07 Å². The van der Waals surface area contributed by atoms with Gasteiger partial charge in [0.2, 0.25) is 13.1 Å². The highest BCUT2D eigenvalue weighted by atomic mass is 16.1. The van der Waals surface area contributed by atoms with Gasteiger partial charge in [0.05, 0.1) is 24.3 Å². The molecular weight excluding hydrogens is 366 g/mol. The lowest BCUT2D eigenvalue weighted by atomic mass is 10.1. The van der Waals surface area contributed by atoms with Gasteiger partial charge in [0, 0.05) is 43.0 Å². The molecule has 0 saturated heterocycles. The van der Waals surface area contributed by atoms with E-state index in [1.54, 1.807) is 47.8 Å². The summed E-state index contributed by atoms with van der Waals surface area (Å²) in [7, 11) is 0. The first-order valence-electron chi connectivity index (χ1n) is 8.95. The molecule has 0 aliphatic heterocycles. The molecule has 0 bridgehead atoms. The van der Waals surface area contributed by atoms with Gasteiger partial charge in [-0.2, -0.15) is 5.10 Å². The Morgan fingerprint density at radius 2 is 1.79 bits per heavy atom. The average molecular weight is 387 g/mol. The zero-order valence-electron chi connectivity index (χ0n) is 15.8. The Morgan fingerprint density at radius 3 is 2.34 bits per heavy atom. The smallest absolute Gasteiger partial charge is 0.221 e. The molecule has 0 aliphatic carbocycles. The van der Waals surface area contributed by atoms with Crippen LogP contribution < -0.4 is 5.73 Å². The zero-order chi connectivity index (χ0) is 20.9. The van der Waals surface area contributed by atoms with Crippen molar-refractivity contribution in [2.45, 2.75) is 18.9 Å². The van der Waals surface area contributed by atoms with Gasteiger partial charge in [-0.3, -0.25) is 19.4 Å². The second kappa shape index (κ2) is 11.6. The minimum Gasteiger partial charge on any atom is -0.396 e. The standard InChI is InChI=1S/C12H13N5.C9H8N2O/c1-14-6-4-12(10-3-2-5-15-7-10)17-9-11(13)8-16-17;1-10-6-4-9(12)8-3-2-5-11-7-8/h2-3,5,7-9,12H,4,6,13H2;2-3,5,7H,4,6H2. The highest BCUT2D eigenvalue weighted by molar-refractivity contribution is 5.95. The number of rotatable bonds is 7. The number of carbonyl (C=O) groups excluding carboxylic acids is 1. The summed E-state index contributed by atoms with van der Waals surface area (Å²) in [5.74, 6) is -0.0147. The van der Waals surface area contributed by atoms with E-state index in [1.807, 2.05) is 12.1 Å². The molecule has 0 aliphatic rings. The van der Waals surface area contributed by atoms with Gasteiger partial charge in [0.15, 0.2) is 5.78 Å². The number of Topliss-reactive ketones (excluding diaryl/α,β-unsaturated/α-hetero) is 1. The largest absolute Gasteiger partial charge is 0.396 e. The molecule has 29 heavy (non-hydrogen) atoms. The summed E-state index contributed by atoms with van der Waals surface area (Å²) in [5.41, 5.74) is 7.92. The maximum atomic E-state index is 11.2. The number of aromatic nitrogens is 4. The molecular formula is C21H21N7O. The third-order valence-electron chi connectivity index (χ3n) is 3.96. The monoisotopic (exact) mass is 387 g/mol. The number of nitrogen functional groups attached to an aromatic ring is 1. The SMILES string of the molecule is [C-]#[N+]CCC(=O)c1cccnc1.[C-]#[N+]CCC(c1cccnc1)n1cc(N)cn1. The van der Waals surface area contributed by atoms with Crippen molar-refractivity contribution in [3.8, 4) is 0 Å². The lowest BCUT2D eigenvalue weighted by molar-refractivity contribution is 0.0987. The molecule has 3 aromatic rings. The quantitative estimate of drug-likeness (QED) is 0.496. The fourth-order valence-corrected chi connectivity index (χ4v) is 2.56. The van der Waals surface area contributed by atoms with Crippen LogP contribution in [0.4, 0.5) is 5.69 Å². The first kappa shape index (κ1) is 21.3. The Hall–Kier alpha value is -4.04. The van der Waals surface area contributed by atoms with Crippen LogP contribution in [0.1, 0.15) is 34.8 Å².